The van der Waals surface area contributed by atoms with Gasteiger partial charge in [0.05, 0.1) is 0 Å². The molecule has 2 rings (SSSR count). The van der Waals surface area contributed by atoms with Crippen molar-refractivity contribution in [3.8, 4) is 0 Å². The first-order valence-electron chi connectivity index (χ1n) is 7.88. The summed E-state index contributed by atoms with van der Waals surface area (Å²) < 4.78 is 5.80. The zero-order chi connectivity index (χ0) is 18.8. The van der Waals surface area contributed by atoms with Crippen molar-refractivity contribution < 1.29 is 14.3 Å². The van der Waals surface area contributed by atoms with Crippen molar-refractivity contribution in [3.63, 3.8) is 0 Å². The average molecular weight is 377 g/mol. The Morgan fingerprint density at radius 2 is 1.92 bits per heavy atom. The summed E-state index contributed by atoms with van der Waals surface area (Å²) in [6.07, 6.45) is 1.19. The van der Waals surface area contributed by atoms with Gasteiger partial charge in [0.1, 0.15) is 6.54 Å². The zero-order valence-corrected chi connectivity index (χ0v) is 14.8. The molecule has 1 aromatic carbocycles. The van der Waals surface area contributed by atoms with Crippen LogP contribution in [-0.4, -0.2) is 40.3 Å². The van der Waals surface area contributed by atoms with Gasteiger partial charge in [0.25, 0.3) is 11.5 Å². The van der Waals surface area contributed by atoms with E-state index in [-0.39, 0.29) is 6.54 Å². The van der Waals surface area contributed by atoms with Crippen LogP contribution in [0.1, 0.15) is 5.56 Å². The maximum atomic E-state index is 11.6. The number of esters is 1. The molecule has 0 spiro atoms. The molecule has 0 saturated carbocycles. The van der Waals surface area contributed by atoms with Gasteiger partial charge in [-0.25, -0.2) is 4.79 Å². The Balaban J connectivity index is 1.60. The highest BCUT2D eigenvalue weighted by Crippen LogP contribution is 2.10. The molecule has 0 bridgehead atoms. The van der Waals surface area contributed by atoms with Crippen molar-refractivity contribution in [3.05, 3.63) is 69.0 Å². The normalized spacial score (nSPS) is 10.3. The second kappa shape index (κ2) is 10.2. The lowest BCUT2D eigenvalue weighted by Gasteiger charge is -2.07. The van der Waals surface area contributed by atoms with E-state index < -0.39 is 29.7 Å². The number of amides is 1. The van der Waals surface area contributed by atoms with Gasteiger partial charge in [-0.2, -0.15) is 11.8 Å². The third kappa shape index (κ3) is 6.98. The summed E-state index contributed by atoms with van der Waals surface area (Å²) in [5, 5.41) is 2.65. The molecule has 9 heteroatoms. The molecule has 0 aliphatic carbocycles. The average Bonchev–Trinajstić information content (AvgIpc) is 2.63. The van der Waals surface area contributed by atoms with E-state index in [0.29, 0.717) is 6.54 Å². The van der Waals surface area contributed by atoms with E-state index in [1.165, 1.54) is 11.8 Å². The number of nitrogens with zero attached hydrogens (tertiary/aromatic N) is 1. The summed E-state index contributed by atoms with van der Waals surface area (Å²) in [4.78, 5) is 47.7. The fourth-order valence-corrected chi connectivity index (χ4v) is 2.80. The quantitative estimate of drug-likeness (QED) is 0.475. The smallest absolute Gasteiger partial charge is 0.328 e. The van der Waals surface area contributed by atoms with Crippen molar-refractivity contribution in [1.29, 1.82) is 0 Å². The molecule has 0 saturated heterocycles. The lowest BCUT2D eigenvalue weighted by molar-refractivity contribution is -0.149. The van der Waals surface area contributed by atoms with Crippen LogP contribution >= 0.6 is 11.8 Å². The molecule has 0 radical (unpaired) electrons. The van der Waals surface area contributed by atoms with Gasteiger partial charge in [-0.05, 0) is 5.56 Å². The molecule has 0 unspecified atom stereocenters. The minimum absolute atomic E-state index is 0.379. The van der Waals surface area contributed by atoms with Gasteiger partial charge in [0, 0.05) is 30.3 Å². The van der Waals surface area contributed by atoms with Crippen molar-refractivity contribution in [2.45, 2.75) is 12.3 Å². The highest BCUT2D eigenvalue weighted by atomic mass is 32.2. The second-order valence-electron chi connectivity index (χ2n) is 5.29. The van der Waals surface area contributed by atoms with Gasteiger partial charge in [-0.3, -0.25) is 23.9 Å². The first-order chi connectivity index (χ1) is 12.5. The van der Waals surface area contributed by atoms with Crippen molar-refractivity contribution >= 4 is 23.6 Å². The number of hydrogen-bond donors (Lipinski definition) is 2. The molecule has 26 heavy (non-hydrogen) atoms. The van der Waals surface area contributed by atoms with E-state index in [0.717, 1.165) is 22.1 Å². The third-order valence-electron chi connectivity index (χ3n) is 3.24. The number of hydrogen-bond acceptors (Lipinski definition) is 6. The SMILES string of the molecule is O=C(COC(=O)Cn1ccc(=O)[nH]c1=O)NCCSCc1ccccc1. The monoisotopic (exact) mass is 377 g/mol. The van der Waals surface area contributed by atoms with Crippen molar-refractivity contribution in [2.24, 2.45) is 0 Å². The fraction of sp³-hybridized carbons (Fsp3) is 0.294. The maximum absolute atomic E-state index is 11.6. The lowest BCUT2D eigenvalue weighted by atomic mass is 10.2. The van der Waals surface area contributed by atoms with Crippen molar-refractivity contribution in [2.75, 3.05) is 18.9 Å². The van der Waals surface area contributed by atoms with Gasteiger partial charge in [0.15, 0.2) is 6.61 Å². The van der Waals surface area contributed by atoms with E-state index in [1.54, 1.807) is 11.8 Å². The summed E-state index contributed by atoms with van der Waals surface area (Å²) >= 11 is 1.69. The number of ether oxygens (including phenoxy) is 1. The van der Waals surface area contributed by atoms with Crippen LogP contribution < -0.4 is 16.6 Å². The number of nitrogens with one attached hydrogen (secondary N) is 2. The van der Waals surface area contributed by atoms with E-state index in [9.17, 15) is 19.2 Å². The highest BCUT2D eigenvalue weighted by Gasteiger charge is 2.09. The van der Waals surface area contributed by atoms with Gasteiger partial charge in [0.2, 0.25) is 0 Å². The number of benzene rings is 1. The molecule has 0 aliphatic heterocycles. The predicted octanol–water partition coefficient (Wildman–Crippen LogP) is 0.129. The van der Waals surface area contributed by atoms with Crippen LogP contribution in [0, 0.1) is 0 Å². The van der Waals surface area contributed by atoms with Gasteiger partial charge >= 0.3 is 11.7 Å². The Hall–Kier alpha value is -2.81. The topological polar surface area (TPSA) is 110 Å². The van der Waals surface area contributed by atoms with Crippen LogP contribution in [0.4, 0.5) is 0 Å². The van der Waals surface area contributed by atoms with Crippen LogP contribution in [0.5, 0.6) is 0 Å². The molecule has 1 amide bonds. The van der Waals surface area contributed by atoms with E-state index >= 15 is 0 Å². The number of thioether (sulfide) groups is 1. The van der Waals surface area contributed by atoms with E-state index in [2.05, 4.69) is 5.32 Å². The molecule has 1 heterocycles. The van der Waals surface area contributed by atoms with Crippen LogP contribution in [-0.2, 0) is 26.6 Å². The summed E-state index contributed by atoms with van der Waals surface area (Å²) in [6.45, 7) is -0.330. The molecular formula is C17H19N3O5S. The van der Waals surface area contributed by atoms with Gasteiger partial charge in [-0.1, -0.05) is 30.3 Å². The molecule has 1 aromatic heterocycles. The number of rotatable bonds is 9. The first kappa shape index (κ1) is 19.5. The zero-order valence-electron chi connectivity index (χ0n) is 14.0. The summed E-state index contributed by atoms with van der Waals surface area (Å²) in [6, 6.07) is 11.1. The number of carbonyl (C=O) groups is 2. The minimum atomic E-state index is -0.743. The molecular weight excluding hydrogens is 358 g/mol. The number of aromatic nitrogens is 2. The Labute approximate surface area is 153 Å². The molecule has 138 valence electrons. The fourth-order valence-electron chi connectivity index (χ4n) is 1.98. The lowest BCUT2D eigenvalue weighted by Crippen LogP contribution is -2.34. The Kier molecular flexibility index (Phi) is 7.69. The summed E-state index contributed by atoms with van der Waals surface area (Å²) in [7, 11) is 0. The summed E-state index contributed by atoms with van der Waals surface area (Å²) in [5.41, 5.74) is -0.0475. The third-order valence-corrected chi connectivity index (χ3v) is 4.27. The molecule has 2 aromatic rings. The van der Waals surface area contributed by atoms with E-state index in [4.69, 9.17) is 4.74 Å². The minimum Gasteiger partial charge on any atom is -0.454 e. The van der Waals surface area contributed by atoms with Gasteiger partial charge in [-0.15, -0.1) is 0 Å². The van der Waals surface area contributed by atoms with Crippen LogP contribution in [0.3, 0.4) is 0 Å². The number of H-pyrrole nitrogens is 1. The predicted molar refractivity (Wildman–Crippen MR) is 97.9 cm³/mol. The number of carbonyl (C=O) groups excluding carboxylic acids is 2. The standard InChI is InChI=1S/C17H19N3O5S/c21-14-6-8-20(17(24)19-14)10-16(23)25-11-15(22)18-7-9-26-12-13-4-2-1-3-5-13/h1-6,8H,7,9-12H2,(H,18,22)(H,19,21,24). The van der Waals surface area contributed by atoms with Crippen LogP contribution in [0.25, 0.3) is 0 Å². The second-order valence-corrected chi connectivity index (χ2v) is 6.39. The molecule has 0 atom stereocenters. The highest BCUT2D eigenvalue weighted by molar-refractivity contribution is 7.98. The molecule has 0 fully saturated rings. The molecule has 2 N–H and O–H groups in total. The maximum Gasteiger partial charge on any atom is 0.328 e. The molecule has 8 nitrogen and oxygen atoms in total. The Morgan fingerprint density at radius 1 is 1.15 bits per heavy atom. The Morgan fingerprint density at radius 3 is 2.65 bits per heavy atom. The summed E-state index contributed by atoms with van der Waals surface area (Å²) in [5.74, 6) is 0.446. The number of aromatic amines is 1. The Bertz CT molecular complexity index is 847. The van der Waals surface area contributed by atoms with Crippen LogP contribution in [0.2, 0.25) is 0 Å². The van der Waals surface area contributed by atoms with Crippen molar-refractivity contribution in [1.82, 2.24) is 14.9 Å². The first-order valence-corrected chi connectivity index (χ1v) is 9.04. The van der Waals surface area contributed by atoms with E-state index in [1.807, 2.05) is 35.3 Å². The molecule has 0 aliphatic rings. The van der Waals surface area contributed by atoms with Gasteiger partial charge < -0.3 is 10.1 Å². The largest absolute Gasteiger partial charge is 0.454 e. The van der Waals surface area contributed by atoms with Crippen LogP contribution in [0.15, 0.2) is 52.2 Å².